The first kappa shape index (κ1) is 13.4. The van der Waals surface area contributed by atoms with E-state index in [2.05, 4.69) is 11.1 Å². The van der Waals surface area contributed by atoms with Crippen molar-refractivity contribution in [2.75, 3.05) is 26.7 Å². The van der Waals surface area contributed by atoms with E-state index in [1.165, 1.54) is 7.05 Å². The van der Waals surface area contributed by atoms with E-state index < -0.39 is 0 Å². The van der Waals surface area contributed by atoms with Gasteiger partial charge in [-0.2, -0.15) is 0 Å². The number of carbonyl (C=O) groups is 3. The Bertz CT molecular complexity index is 300. The van der Waals surface area contributed by atoms with Crippen LogP contribution in [-0.4, -0.2) is 60.9 Å². The predicted molar refractivity (Wildman–Crippen MR) is 61.0 cm³/mol. The highest BCUT2D eigenvalue weighted by atomic mass is 16.2. The van der Waals surface area contributed by atoms with E-state index in [9.17, 15) is 14.4 Å². The van der Waals surface area contributed by atoms with Crippen molar-refractivity contribution in [3.8, 4) is 0 Å². The van der Waals surface area contributed by atoms with Crippen molar-refractivity contribution in [1.29, 1.82) is 0 Å². The molecule has 0 radical (unpaired) electrons. The van der Waals surface area contributed by atoms with Gasteiger partial charge in [0.15, 0.2) is 0 Å². The summed E-state index contributed by atoms with van der Waals surface area (Å²) in [5.74, 6) is -0.238. The van der Waals surface area contributed by atoms with Crippen LogP contribution in [-0.2, 0) is 9.59 Å². The van der Waals surface area contributed by atoms with E-state index in [1.807, 2.05) is 0 Å². The summed E-state index contributed by atoms with van der Waals surface area (Å²) in [7, 11) is 1.50. The van der Waals surface area contributed by atoms with Gasteiger partial charge in [0.25, 0.3) is 0 Å². The molecule has 2 saturated heterocycles. The predicted octanol–water partition coefficient (Wildman–Crippen LogP) is -1.27. The van der Waals surface area contributed by atoms with Gasteiger partial charge in [-0.15, -0.1) is 0 Å². The van der Waals surface area contributed by atoms with Crippen LogP contribution in [0.15, 0.2) is 0 Å². The molecule has 17 heavy (non-hydrogen) atoms. The van der Waals surface area contributed by atoms with Crippen LogP contribution in [0.2, 0.25) is 0 Å². The zero-order chi connectivity index (χ0) is 12.8. The number of carbonyl (C=O) groups excluding carboxylic acids is 3. The molecule has 0 aromatic rings. The molecule has 2 aliphatic heterocycles. The van der Waals surface area contributed by atoms with Gasteiger partial charge in [0.05, 0.1) is 0 Å². The number of amides is 4. The number of hydrogen-bond donors (Lipinski definition) is 2. The van der Waals surface area contributed by atoms with Gasteiger partial charge in [-0.25, -0.2) is 4.79 Å². The normalized spacial score (nSPS) is 20.8. The molecule has 0 aromatic carbocycles. The van der Waals surface area contributed by atoms with Crippen LogP contribution in [0, 0.1) is 0 Å². The third-order valence-corrected chi connectivity index (χ3v) is 2.91. The molecule has 2 fully saturated rings. The quantitative estimate of drug-likeness (QED) is 0.466. The standard InChI is InChI=1S/C9H13N3O3.CH5N/c13-6-11-3-1-7(2-4-11)12-5-8(14)10-9(12)15;1-2/h6-7H,1-5H2,(H,10,14,15);2H2,1H3. The Hall–Kier alpha value is -1.63. The van der Waals surface area contributed by atoms with Gasteiger partial charge in [0, 0.05) is 19.1 Å². The lowest BCUT2D eigenvalue weighted by molar-refractivity contribution is -0.120. The lowest BCUT2D eigenvalue weighted by Gasteiger charge is -2.33. The Morgan fingerprint density at radius 1 is 1.29 bits per heavy atom. The summed E-state index contributed by atoms with van der Waals surface area (Å²) in [6.45, 7) is 1.48. The van der Waals surface area contributed by atoms with E-state index in [1.54, 1.807) is 9.80 Å². The topological polar surface area (TPSA) is 95.7 Å². The van der Waals surface area contributed by atoms with E-state index >= 15 is 0 Å². The molecule has 0 saturated carbocycles. The maximum absolute atomic E-state index is 11.3. The van der Waals surface area contributed by atoms with Crippen molar-refractivity contribution in [3.05, 3.63) is 0 Å². The molecule has 0 spiro atoms. The minimum Gasteiger partial charge on any atom is -0.345 e. The fourth-order valence-electron chi connectivity index (χ4n) is 2.05. The van der Waals surface area contributed by atoms with Crippen LogP contribution < -0.4 is 11.1 Å². The van der Waals surface area contributed by atoms with E-state index in [4.69, 9.17) is 0 Å². The fourth-order valence-corrected chi connectivity index (χ4v) is 2.05. The lowest BCUT2D eigenvalue weighted by atomic mass is 10.0. The lowest BCUT2D eigenvalue weighted by Crippen LogP contribution is -2.45. The van der Waals surface area contributed by atoms with Crippen LogP contribution in [0.4, 0.5) is 4.79 Å². The van der Waals surface area contributed by atoms with Crippen molar-refractivity contribution in [3.63, 3.8) is 0 Å². The number of piperidine rings is 1. The van der Waals surface area contributed by atoms with Crippen molar-refractivity contribution in [2.24, 2.45) is 5.73 Å². The van der Waals surface area contributed by atoms with Crippen LogP contribution in [0.3, 0.4) is 0 Å². The van der Waals surface area contributed by atoms with Crippen molar-refractivity contribution >= 4 is 18.3 Å². The number of likely N-dealkylation sites (tertiary alicyclic amines) is 1. The summed E-state index contributed by atoms with van der Waals surface area (Å²) in [6, 6.07) is -0.211. The molecular weight excluding hydrogens is 224 g/mol. The van der Waals surface area contributed by atoms with Crippen molar-refractivity contribution in [1.82, 2.24) is 15.1 Å². The Morgan fingerprint density at radius 3 is 2.29 bits per heavy atom. The second-order valence-electron chi connectivity index (χ2n) is 3.85. The van der Waals surface area contributed by atoms with Crippen LogP contribution in [0.25, 0.3) is 0 Å². The SMILES string of the molecule is CN.O=CN1CCC(N2CC(=O)NC2=O)CC1. The summed E-state index contributed by atoms with van der Waals surface area (Å²) in [5.41, 5.74) is 4.50. The Balaban J connectivity index is 0.000000686. The van der Waals surface area contributed by atoms with E-state index in [-0.39, 0.29) is 24.5 Å². The highest BCUT2D eigenvalue weighted by molar-refractivity contribution is 6.02. The van der Waals surface area contributed by atoms with Crippen LogP contribution >= 0.6 is 0 Å². The Labute approximate surface area is 99.9 Å². The molecule has 7 nitrogen and oxygen atoms in total. The molecule has 0 atom stereocenters. The average Bonchev–Trinajstić information content (AvgIpc) is 2.71. The molecule has 7 heteroatoms. The summed E-state index contributed by atoms with van der Waals surface area (Å²) < 4.78 is 0. The summed E-state index contributed by atoms with van der Waals surface area (Å²) in [5, 5.41) is 2.25. The molecule has 0 aromatic heterocycles. The molecule has 0 unspecified atom stereocenters. The van der Waals surface area contributed by atoms with Gasteiger partial charge in [-0.05, 0) is 19.9 Å². The summed E-state index contributed by atoms with van der Waals surface area (Å²) in [6.07, 6.45) is 2.32. The Morgan fingerprint density at radius 2 is 1.88 bits per heavy atom. The Kier molecular flexibility index (Phi) is 4.89. The average molecular weight is 242 g/mol. The smallest absolute Gasteiger partial charge is 0.324 e. The third kappa shape index (κ3) is 3.16. The largest absolute Gasteiger partial charge is 0.345 e. The zero-order valence-corrected chi connectivity index (χ0v) is 9.89. The summed E-state index contributed by atoms with van der Waals surface area (Å²) >= 11 is 0. The summed E-state index contributed by atoms with van der Waals surface area (Å²) in [4.78, 5) is 36.1. The van der Waals surface area contributed by atoms with Gasteiger partial charge in [0.1, 0.15) is 6.54 Å². The second-order valence-corrected chi connectivity index (χ2v) is 3.85. The first-order valence-electron chi connectivity index (χ1n) is 5.58. The van der Waals surface area contributed by atoms with Gasteiger partial charge in [0.2, 0.25) is 12.3 Å². The molecule has 0 aliphatic carbocycles. The van der Waals surface area contributed by atoms with Crippen LogP contribution in [0.5, 0.6) is 0 Å². The molecule has 0 bridgehead atoms. The highest BCUT2D eigenvalue weighted by Gasteiger charge is 2.34. The van der Waals surface area contributed by atoms with Crippen molar-refractivity contribution < 1.29 is 14.4 Å². The molecule has 2 heterocycles. The van der Waals surface area contributed by atoms with Gasteiger partial charge in [-0.1, -0.05) is 0 Å². The fraction of sp³-hybridized carbons (Fsp3) is 0.700. The first-order chi connectivity index (χ1) is 8.20. The maximum Gasteiger partial charge on any atom is 0.324 e. The van der Waals surface area contributed by atoms with E-state index in [0.29, 0.717) is 13.1 Å². The van der Waals surface area contributed by atoms with Gasteiger partial charge in [-0.3, -0.25) is 14.9 Å². The second kappa shape index (κ2) is 6.19. The monoisotopic (exact) mass is 242 g/mol. The number of urea groups is 1. The molecule has 2 aliphatic rings. The first-order valence-corrected chi connectivity index (χ1v) is 5.58. The van der Waals surface area contributed by atoms with E-state index in [0.717, 1.165) is 19.3 Å². The molecule has 4 amide bonds. The van der Waals surface area contributed by atoms with Gasteiger partial charge < -0.3 is 15.5 Å². The number of nitrogens with one attached hydrogen (secondary N) is 1. The highest BCUT2D eigenvalue weighted by Crippen LogP contribution is 2.17. The third-order valence-electron chi connectivity index (χ3n) is 2.91. The minimum atomic E-state index is -0.301. The molecule has 96 valence electrons. The van der Waals surface area contributed by atoms with Crippen LogP contribution in [0.1, 0.15) is 12.8 Å². The van der Waals surface area contributed by atoms with Crippen molar-refractivity contribution in [2.45, 2.75) is 18.9 Å². The number of nitrogens with two attached hydrogens (primary N) is 1. The number of hydrogen-bond acceptors (Lipinski definition) is 4. The molecule has 3 N–H and O–H groups in total. The number of nitrogens with zero attached hydrogens (tertiary/aromatic N) is 2. The van der Waals surface area contributed by atoms with Gasteiger partial charge >= 0.3 is 6.03 Å². The number of rotatable bonds is 2. The minimum absolute atomic E-state index is 0.0904. The maximum atomic E-state index is 11.3. The molecular formula is C10H18N4O3. The number of imide groups is 1. The zero-order valence-electron chi connectivity index (χ0n) is 9.89. The molecule has 2 rings (SSSR count).